The van der Waals surface area contributed by atoms with Crippen LogP contribution < -0.4 is 0 Å². The van der Waals surface area contributed by atoms with Crippen LogP contribution in [0, 0.1) is 0 Å². The van der Waals surface area contributed by atoms with Crippen LogP contribution in [0.25, 0.3) is 168 Å². The molecule has 0 atom stereocenters. The molecule has 6 nitrogen and oxygen atoms in total. The average Bonchev–Trinajstić information content (AvgIpc) is 1.49. The average molecular weight is 1770 g/mol. The maximum Gasteiger partial charge on any atom is 0.164 e. The second-order valence-electron chi connectivity index (χ2n) is 38.7. The molecule has 139 heavy (non-hydrogen) atoms. The summed E-state index contributed by atoms with van der Waals surface area (Å²) in [4.78, 5) is 31.3. The van der Waals surface area contributed by atoms with Crippen molar-refractivity contribution in [2.75, 3.05) is 0 Å². The molecule has 20 aromatic carbocycles. The van der Waals surface area contributed by atoms with E-state index in [1.807, 2.05) is 66.7 Å². The zero-order valence-electron chi connectivity index (χ0n) is 76.2. The molecule has 0 fully saturated rings. The van der Waals surface area contributed by atoms with Crippen molar-refractivity contribution in [3.05, 3.63) is 573 Å². The van der Waals surface area contributed by atoms with E-state index >= 15 is 0 Å². The van der Waals surface area contributed by atoms with Gasteiger partial charge in [-0.1, -0.05) is 463 Å². The number of benzene rings is 20. The first kappa shape index (κ1) is 78.9. The molecular weight excluding hydrogens is 1680 g/mol. The van der Waals surface area contributed by atoms with E-state index in [0.29, 0.717) is 34.9 Å². The van der Waals surface area contributed by atoms with Gasteiger partial charge in [0.05, 0.1) is 21.7 Å². The lowest BCUT2D eigenvalue weighted by Gasteiger charge is -2.48. The van der Waals surface area contributed by atoms with Gasteiger partial charge in [0.1, 0.15) is 0 Å². The minimum Gasteiger partial charge on any atom is -0.208 e. The van der Waals surface area contributed by atoms with Crippen LogP contribution in [0.4, 0.5) is 0 Å². The highest BCUT2D eigenvalue weighted by Gasteiger charge is 2.62. The highest BCUT2D eigenvalue weighted by Crippen LogP contribution is 2.71. The lowest BCUT2D eigenvalue weighted by Crippen LogP contribution is -2.43. The molecule has 2 heterocycles. The van der Waals surface area contributed by atoms with E-state index < -0.39 is 27.1 Å². The third-order valence-corrected chi connectivity index (χ3v) is 31.8. The van der Waals surface area contributed by atoms with Gasteiger partial charge >= 0.3 is 0 Å². The van der Waals surface area contributed by atoms with E-state index in [-0.39, 0.29) is 0 Å². The minimum absolute atomic E-state index is 0.390. The molecule has 0 aliphatic heterocycles. The number of fused-ring (bicyclic) bond motifs is 35. The Labute approximate surface area is 806 Å². The van der Waals surface area contributed by atoms with Gasteiger partial charge in [0.15, 0.2) is 34.9 Å². The summed E-state index contributed by atoms with van der Waals surface area (Å²) in [7, 11) is 0. The van der Waals surface area contributed by atoms with Crippen molar-refractivity contribution in [2.24, 2.45) is 0 Å². The van der Waals surface area contributed by atoms with Crippen LogP contribution in [0.5, 0.6) is 0 Å². The van der Waals surface area contributed by atoms with Crippen LogP contribution in [0.2, 0.25) is 0 Å². The van der Waals surface area contributed by atoms with Crippen LogP contribution in [-0.2, 0) is 27.1 Å². The summed E-state index contributed by atoms with van der Waals surface area (Å²) in [6, 6.07) is 176. The number of aromatic nitrogens is 6. The lowest BCUT2D eigenvalue weighted by molar-refractivity contribution is 0.633. The third-order valence-electron chi connectivity index (χ3n) is 31.8. The fraction of sp³-hybridized carbons (Fsp3) is 0.0526. The molecule has 0 unspecified atom stereocenters. The van der Waals surface area contributed by atoms with Gasteiger partial charge in [0.25, 0.3) is 0 Å². The predicted molar refractivity (Wildman–Crippen MR) is 561 cm³/mol. The Kier molecular flexibility index (Phi) is 16.9. The molecule has 0 amide bonds. The normalized spacial score (nSPS) is 14.5. The van der Waals surface area contributed by atoms with Gasteiger partial charge < -0.3 is 0 Å². The number of nitrogens with zero attached hydrogens (tertiary/aromatic N) is 6. The van der Waals surface area contributed by atoms with Crippen LogP contribution in [0.3, 0.4) is 0 Å². The van der Waals surface area contributed by atoms with Gasteiger partial charge in [-0.25, -0.2) is 29.9 Å². The van der Waals surface area contributed by atoms with Crippen LogP contribution in [0.1, 0.15) is 114 Å². The predicted octanol–water partition coefficient (Wildman–Crippen LogP) is 31.1. The van der Waals surface area contributed by atoms with Gasteiger partial charge in [0.2, 0.25) is 0 Å². The van der Waals surface area contributed by atoms with E-state index in [9.17, 15) is 0 Å². The maximum atomic E-state index is 5.47. The largest absolute Gasteiger partial charge is 0.208 e. The van der Waals surface area contributed by atoms with E-state index in [0.717, 1.165) is 61.2 Å². The lowest BCUT2D eigenvalue weighted by atomic mass is 9.52. The highest BCUT2D eigenvalue weighted by molar-refractivity contribution is 6.03. The smallest absolute Gasteiger partial charge is 0.164 e. The van der Waals surface area contributed by atoms with Crippen molar-refractivity contribution in [2.45, 2.75) is 40.9 Å². The summed E-state index contributed by atoms with van der Waals surface area (Å²) in [5.41, 5.74) is 48.0. The summed E-state index contributed by atoms with van der Waals surface area (Å²) >= 11 is 0. The Bertz CT molecular complexity index is 8780. The van der Waals surface area contributed by atoms with Gasteiger partial charge in [-0.3, -0.25) is 0 Å². The van der Waals surface area contributed by atoms with Crippen molar-refractivity contribution in [1.29, 1.82) is 0 Å². The number of rotatable bonds is 10. The molecule has 0 bridgehead atoms. The van der Waals surface area contributed by atoms with E-state index in [1.54, 1.807) is 0 Å². The van der Waals surface area contributed by atoms with Crippen LogP contribution in [-0.4, -0.2) is 29.9 Å². The van der Waals surface area contributed by atoms with Crippen molar-refractivity contribution in [1.82, 2.24) is 29.9 Å². The summed E-state index contributed by atoms with van der Waals surface area (Å²) in [5, 5.41) is 0. The Balaban J connectivity index is 0.493. The summed E-state index contributed by atoms with van der Waals surface area (Å²) in [6.45, 7) is 4.78. The third kappa shape index (κ3) is 10.9. The van der Waals surface area contributed by atoms with E-state index in [1.165, 1.54) is 172 Å². The zero-order chi connectivity index (χ0) is 91.6. The fourth-order valence-electron chi connectivity index (χ4n) is 26.1. The minimum atomic E-state index is -0.672. The first-order valence-corrected chi connectivity index (χ1v) is 48.3. The molecule has 7 aliphatic carbocycles. The van der Waals surface area contributed by atoms with E-state index in [4.69, 9.17) is 29.9 Å². The summed E-state index contributed by atoms with van der Waals surface area (Å²) in [6.07, 6.45) is 0. The standard InChI is InChI=1S/C133H84N6/c1-129(2)119-79-91(94-47-32-62-118-122(94)101-45-16-21-52-107(101)132(118)113-57-26-22-53-109(113)130(110-54-23-27-58-114(110)132)103-48-17-12-41-95(103)96-42-13-18-49-104(96)130)71-74-98(119)99-75-72-92(80-120(99)129)128-138-125(85-37-10-5-11-38-85)137-127(139-128)87-69-65-82(66-70-87)89-73-76-108-102(78-89)97-43-14-19-50-105(97)131(108)111-55-24-28-59-115(111)133(116-60-29-25-56-112(116)131)106-51-20-15-44-100(106)121-93(46-31-61-117(121)133)90-40-30-39-88(77-90)81-63-67-86(68-64-81)126-135-123(83-33-6-3-7-34-83)134-124(136-126)84-35-8-4-9-36-84/h3-80H,1-2H3. The first-order valence-electron chi connectivity index (χ1n) is 48.3. The summed E-state index contributed by atoms with van der Waals surface area (Å²) < 4.78 is 0. The molecule has 7 aliphatic rings. The first-order chi connectivity index (χ1) is 68.7. The summed E-state index contributed by atoms with van der Waals surface area (Å²) in [5.74, 6) is 3.75. The molecule has 646 valence electrons. The Morgan fingerprint density at radius 3 is 0.719 bits per heavy atom. The Morgan fingerprint density at radius 2 is 0.338 bits per heavy atom. The van der Waals surface area contributed by atoms with Crippen LogP contribution >= 0.6 is 0 Å². The number of hydrogen-bond donors (Lipinski definition) is 0. The zero-order valence-corrected chi connectivity index (χ0v) is 76.2. The quantitative estimate of drug-likeness (QED) is 0.136. The van der Waals surface area contributed by atoms with Gasteiger partial charge in [0, 0.05) is 38.8 Å². The van der Waals surface area contributed by atoms with Crippen molar-refractivity contribution < 1.29 is 0 Å². The molecule has 22 aromatic rings. The molecule has 6 heteroatoms. The number of hydrogen-bond acceptors (Lipinski definition) is 6. The fourth-order valence-corrected chi connectivity index (χ4v) is 26.1. The SMILES string of the molecule is CC1(C)c2cc(-c3nc(-c4ccccc4)nc(-c4ccc(-c5ccc6c(c5)-c5ccccc5C65c6ccccc6C6(c7ccccc7-c7c(-c8cccc(-c9ccc(-c%10nc(-c%11ccccc%11)nc(-c%11ccccc%11)n%10)cc9)c8)cccc76)c6ccccc65)cc4)n3)ccc2-c2ccc(-c3cccc4c3-c3ccccc3C43c4ccccc4C4(c5ccccc5-c5ccccc54)c4ccccc43)cc21. The second-order valence-corrected chi connectivity index (χ2v) is 38.7. The molecule has 4 spiro atoms. The molecule has 2 aromatic heterocycles. The molecule has 0 saturated heterocycles. The van der Waals surface area contributed by atoms with Crippen molar-refractivity contribution in [3.63, 3.8) is 0 Å². The highest BCUT2D eigenvalue weighted by atomic mass is 15.0. The van der Waals surface area contributed by atoms with Gasteiger partial charge in [-0.15, -0.1) is 0 Å². The van der Waals surface area contributed by atoms with E-state index in [2.05, 4.69) is 420 Å². The molecule has 0 saturated carbocycles. The molecule has 29 rings (SSSR count). The molecule has 0 N–H and O–H groups in total. The molecular formula is C133H84N6. The maximum absolute atomic E-state index is 5.47. The van der Waals surface area contributed by atoms with Crippen LogP contribution in [0.15, 0.2) is 473 Å². The topological polar surface area (TPSA) is 77.3 Å². The monoisotopic (exact) mass is 1760 g/mol. The Morgan fingerprint density at radius 1 is 0.122 bits per heavy atom. The molecule has 0 radical (unpaired) electrons. The second kappa shape index (κ2) is 29.7. The Hall–Kier alpha value is -17.6. The van der Waals surface area contributed by atoms with Gasteiger partial charge in [-0.05, 0) is 225 Å². The van der Waals surface area contributed by atoms with Crippen molar-refractivity contribution >= 4 is 0 Å². The van der Waals surface area contributed by atoms with Gasteiger partial charge in [-0.2, -0.15) is 0 Å². The van der Waals surface area contributed by atoms with Crippen molar-refractivity contribution in [3.8, 4) is 168 Å².